The van der Waals surface area contributed by atoms with Crippen LogP contribution in [0.5, 0.6) is 0 Å². The predicted octanol–water partition coefficient (Wildman–Crippen LogP) is 6.80. The van der Waals surface area contributed by atoms with E-state index >= 15 is 0 Å². The highest BCUT2D eigenvalue weighted by Gasteiger charge is -0.0975. The maximum Gasteiger partial charge on any atom is -0.107 e. The fourth-order valence-electron chi connectivity index (χ4n) is 0. The summed E-state index contributed by atoms with van der Waals surface area (Å²) in [5.74, 6) is 0. The van der Waals surface area contributed by atoms with Crippen molar-refractivity contribution in [3.8, 4) is 0 Å². The number of hydrogen-bond donors (Lipinski definition) is 0. The third kappa shape index (κ3) is 71.9. The van der Waals surface area contributed by atoms with Gasteiger partial charge in [0.2, 0.25) is 0 Å². The molecule has 11 heavy (non-hydrogen) atoms. The summed E-state index contributed by atoms with van der Waals surface area (Å²) in [6.07, 6.45) is 0. The Labute approximate surface area is 256 Å². The molecule has 0 aliphatic heterocycles. The van der Waals surface area contributed by atoms with Crippen LogP contribution in [0, 0.1) is 0 Å². The van der Waals surface area contributed by atoms with Gasteiger partial charge in [-0.2, -0.15) is 0 Å². The molecule has 0 nitrogen and oxygen atoms in total. The van der Waals surface area contributed by atoms with E-state index in [0.29, 0.717) is 0 Å². The molecule has 11 heteroatoms. The summed E-state index contributed by atoms with van der Waals surface area (Å²) < 4.78 is 0. The summed E-state index contributed by atoms with van der Waals surface area (Å²) >= 11 is 0. The Kier molecular flexibility index (Phi) is 707. The molecule has 0 unspecified atom stereocenters. The smallest absolute Gasteiger partial charge is 0.107 e. The molecule has 0 spiro atoms. The molecule has 0 aliphatic rings. The largest absolute Gasteiger partial charge is 0.107 e. The first-order chi connectivity index (χ1) is 0. The van der Waals surface area contributed by atoms with Crippen LogP contribution in [0.1, 0.15) is 0 Å². The first kappa shape index (κ1) is 95.9. The van der Waals surface area contributed by atoms with E-state index in [-0.39, 0.29) is 264 Å². The van der Waals surface area contributed by atoms with Gasteiger partial charge >= 0.3 is 0 Å². The van der Waals surface area contributed by atoms with Gasteiger partial charge in [0, 0.05) is 0 Å². The second kappa shape index (κ2) is 81.1. The van der Waals surface area contributed by atoms with Crippen LogP contribution in [0.2, 0.25) is 0 Å². The summed E-state index contributed by atoms with van der Waals surface area (Å²) in [6.45, 7) is 0. The molecule has 0 radical (unpaired) electrons. The minimum atomic E-state index is 0. The molecule has 0 amide bonds. The molecule has 0 aromatic heterocycles. The quantitative estimate of drug-likeness (QED) is 0.235. The summed E-state index contributed by atoms with van der Waals surface area (Å²) in [4.78, 5) is 0. The van der Waals surface area contributed by atoms with Crippen LogP contribution in [0.4, 0.5) is 0 Å². The van der Waals surface area contributed by atoms with Crippen LogP contribution in [0.15, 0.2) is 0 Å². The molecule has 88 valence electrons. The van der Waals surface area contributed by atoms with Gasteiger partial charge in [-0.15, -0.1) is 264 Å². The molecule has 0 heterocycles. The first-order valence-corrected chi connectivity index (χ1v) is 0. The van der Waals surface area contributed by atoms with Gasteiger partial charge in [0.05, 0.1) is 0 Å². The molecule has 0 saturated heterocycles. The van der Waals surface area contributed by atoms with E-state index in [1.54, 1.807) is 0 Å². The van der Waals surface area contributed by atoms with Crippen molar-refractivity contribution in [3.05, 3.63) is 0 Å². The van der Waals surface area contributed by atoms with Crippen LogP contribution in [0.25, 0.3) is 0 Å². The Hall–Kier alpha value is 8.03. The van der Waals surface area contributed by atoms with Gasteiger partial charge < -0.3 is 0 Å². The highest BCUT2D eigenvalue weighted by Crippen LogP contribution is 0.896. The maximum absolute atomic E-state index is 0. The van der Waals surface area contributed by atoms with Crippen molar-refractivity contribution in [2.24, 2.45) is 0 Å². The molecule has 0 aliphatic carbocycles. The van der Waals surface area contributed by atoms with Crippen molar-refractivity contribution in [1.82, 2.24) is 0 Å². The summed E-state index contributed by atoms with van der Waals surface area (Å²) in [5.41, 5.74) is 0. The third-order valence-corrected chi connectivity index (χ3v) is 0. The second-order valence-electron chi connectivity index (χ2n) is 0. The predicted molar refractivity (Wildman–Crippen MR) is 170 cm³/mol. The van der Waals surface area contributed by atoms with Crippen molar-refractivity contribution < 1.29 is 0 Å². The van der Waals surface area contributed by atoms with Gasteiger partial charge in [-0.05, 0) is 0 Å². The van der Waals surface area contributed by atoms with E-state index in [1.165, 1.54) is 0 Å². The zero-order valence-electron chi connectivity index (χ0n) is 4.49. The van der Waals surface area contributed by atoms with Gasteiger partial charge in [0.1, 0.15) is 0 Å². The molecule has 0 fully saturated rings. The lowest BCUT2D eigenvalue weighted by molar-refractivity contribution is 14.0. The van der Waals surface area contributed by atoms with Crippen LogP contribution < -0.4 is 0 Å². The average molecular weight is 1410 g/mol. The fraction of sp³-hybridized carbons (Fsp3) is 0. The Bertz CT molecular complexity index is 0. The molecule has 0 N–H and O–H groups in total. The van der Waals surface area contributed by atoms with Crippen molar-refractivity contribution in [2.45, 2.75) is 0 Å². The van der Waals surface area contributed by atoms with Crippen molar-refractivity contribution >= 4 is 264 Å². The van der Waals surface area contributed by atoms with Gasteiger partial charge in [-0.3, -0.25) is 0 Å². The first-order valence-electron chi connectivity index (χ1n) is 0. The minimum absolute atomic E-state index is 0. The fourth-order valence-corrected chi connectivity index (χ4v) is 0. The summed E-state index contributed by atoms with van der Waals surface area (Å²) in [5, 5.41) is 0. The molecule has 0 atom stereocenters. The minimum Gasteiger partial charge on any atom is -0.107 e. The number of halogens is 11. The Morgan fingerprint density at radius 3 is 0.0909 bits per heavy atom. The second-order valence-corrected chi connectivity index (χ2v) is 0. The van der Waals surface area contributed by atoms with E-state index in [4.69, 9.17) is 0 Å². The molecule has 0 aromatic rings. The number of rotatable bonds is 0. The van der Waals surface area contributed by atoms with Crippen LogP contribution in [0.3, 0.4) is 0 Å². The van der Waals surface area contributed by atoms with Crippen LogP contribution >= 0.6 is 264 Å². The highest BCUT2D eigenvalue weighted by atomic mass is 127. The third-order valence-electron chi connectivity index (χ3n) is 0. The van der Waals surface area contributed by atoms with Gasteiger partial charge in [-0.25, -0.2) is 0 Å². The number of hydrogen-bond acceptors (Lipinski definition) is 0. The average Bonchev–Trinajstić information content (AvgIpc) is 0. The lowest BCUT2D eigenvalue weighted by Gasteiger charge is -0.108. The van der Waals surface area contributed by atoms with Crippen LogP contribution in [-0.2, 0) is 0 Å². The van der Waals surface area contributed by atoms with E-state index < -0.39 is 0 Å². The Morgan fingerprint density at radius 1 is 0.0909 bits per heavy atom. The van der Waals surface area contributed by atoms with E-state index in [0.717, 1.165) is 0 Å². The molecule has 0 rings (SSSR count). The van der Waals surface area contributed by atoms with Crippen molar-refractivity contribution in [1.29, 1.82) is 0 Å². The Balaban J connectivity index is 0. The van der Waals surface area contributed by atoms with Gasteiger partial charge in [-0.1, -0.05) is 0 Å². The Morgan fingerprint density at radius 2 is 0.0909 bits per heavy atom. The van der Waals surface area contributed by atoms with E-state index in [1.807, 2.05) is 0 Å². The molecule has 0 aromatic carbocycles. The van der Waals surface area contributed by atoms with Crippen molar-refractivity contribution in [3.63, 3.8) is 0 Å². The monoisotopic (exact) mass is 1410 g/mol. The topological polar surface area (TPSA) is 0 Å². The van der Waals surface area contributed by atoms with Crippen LogP contribution in [-0.4, -0.2) is 0 Å². The zero-order chi connectivity index (χ0) is 0. The van der Waals surface area contributed by atoms with Gasteiger partial charge in [0.15, 0.2) is 0 Å². The van der Waals surface area contributed by atoms with Gasteiger partial charge in [0.25, 0.3) is 0 Å². The highest BCUT2D eigenvalue weighted by molar-refractivity contribution is 14.0. The zero-order valence-corrected chi connectivity index (χ0v) is 30.1. The standard InChI is InChI=1S/11HI/h11*1H. The summed E-state index contributed by atoms with van der Waals surface area (Å²) in [6, 6.07) is 0. The lowest BCUT2D eigenvalue weighted by atomic mass is 127. The molecular weight excluding hydrogens is 1400 g/mol. The van der Waals surface area contributed by atoms with E-state index in [2.05, 4.69) is 0 Å². The molecule has 0 saturated carbocycles. The SMILES string of the molecule is I.I.I.I.I.I.I.I.I.I.I. The van der Waals surface area contributed by atoms with E-state index in [9.17, 15) is 0 Å². The molecule has 0 bridgehead atoms. The lowest BCUT2D eigenvalue weighted by Crippen LogP contribution is 0.885. The molecular formula is H11I11. The normalized spacial score (nSPS) is 0. The van der Waals surface area contributed by atoms with Crippen molar-refractivity contribution in [2.75, 3.05) is 0 Å². The summed E-state index contributed by atoms with van der Waals surface area (Å²) in [7, 11) is 0. The maximum atomic E-state index is 0.